The van der Waals surface area contributed by atoms with Crippen molar-refractivity contribution in [3.8, 4) is 11.5 Å². The predicted octanol–water partition coefficient (Wildman–Crippen LogP) is 2.96. The van der Waals surface area contributed by atoms with E-state index >= 15 is 0 Å². The van der Waals surface area contributed by atoms with Crippen molar-refractivity contribution in [1.82, 2.24) is 0 Å². The summed E-state index contributed by atoms with van der Waals surface area (Å²) in [6, 6.07) is 5.66. The quantitative estimate of drug-likeness (QED) is 0.715. The first-order valence-electron chi connectivity index (χ1n) is 4.27. The summed E-state index contributed by atoms with van der Waals surface area (Å²) >= 11 is 5.57. The number of hydrogen-bond donors (Lipinski definition) is 0. The number of ether oxygens (including phenoxy) is 2. The van der Waals surface area contributed by atoms with Crippen molar-refractivity contribution in [1.29, 1.82) is 0 Å². The van der Waals surface area contributed by atoms with Crippen LogP contribution >= 0.6 is 11.6 Å². The van der Waals surface area contributed by atoms with E-state index in [0.717, 1.165) is 17.1 Å². The molecule has 1 aromatic carbocycles. The van der Waals surface area contributed by atoms with E-state index in [2.05, 4.69) is 0 Å². The fraction of sp³-hybridized carbons (Fsp3) is 0.273. The van der Waals surface area contributed by atoms with E-state index < -0.39 is 0 Å². The lowest BCUT2D eigenvalue weighted by molar-refractivity contribution is 0.392. The molecule has 14 heavy (non-hydrogen) atoms. The Labute approximate surface area is 89.1 Å². The number of halogens is 1. The molecule has 0 saturated heterocycles. The van der Waals surface area contributed by atoms with Crippen molar-refractivity contribution in [2.24, 2.45) is 0 Å². The van der Waals surface area contributed by atoms with Gasteiger partial charge < -0.3 is 9.47 Å². The van der Waals surface area contributed by atoms with Crippen molar-refractivity contribution >= 4 is 17.7 Å². The predicted molar refractivity (Wildman–Crippen MR) is 59.3 cm³/mol. The molecule has 0 spiro atoms. The first-order chi connectivity index (χ1) is 6.83. The standard InChI is InChI=1S/C11H13ClO2/c1-13-10-6-3-7-11(14-2)9(10)5-4-8-12/h3-7H,8H2,1-2H3. The third-order valence-corrected chi connectivity index (χ3v) is 2.02. The molecule has 0 unspecified atom stereocenters. The zero-order chi connectivity index (χ0) is 10.4. The Morgan fingerprint density at radius 1 is 1.21 bits per heavy atom. The molecule has 0 aliphatic heterocycles. The largest absolute Gasteiger partial charge is 0.496 e. The average molecular weight is 213 g/mol. The van der Waals surface area contributed by atoms with Crippen LogP contribution in [0, 0.1) is 0 Å². The molecule has 0 atom stereocenters. The second-order valence-corrected chi connectivity index (χ2v) is 2.94. The van der Waals surface area contributed by atoms with Crippen molar-refractivity contribution < 1.29 is 9.47 Å². The Balaban J connectivity index is 3.12. The van der Waals surface area contributed by atoms with Crippen LogP contribution in [-0.4, -0.2) is 20.1 Å². The molecule has 1 rings (SSSR count). The molecule has 0 aromatic heterocycles. The topological polar surface area (TPSA) is 18.5 Å². The normalized spacial score (nSPS) is 10.5. The highest BCUT2D eigenvalue weighted by molar-refractivity contribution is 6.19. The molecule has 0 bridgehead atoms. The monoisotopic (exact) mass is 212 g/mol. The summed E-state index contributed by atoms with van der Waals surface area (Å²) in [5.74, 6) is 2.04. The van der Waals surface area contributed by atoms with Gasteiger partial charge in [-0.3, -0.25) is 0 Å². The molecule has 0 fully saturated rings. The fourth-order valence-electron chi connectivity index (χ4n) is 1.21. The molecule has 0 radical (unpaired) electrons. The number of allylic oxidation sites excluding steroid dienone is 1. The lowest BCUT2D eigenvalue weighted by Crippen LogP contribution is -1.91. The van der Waals surface area contributed by atoms with Crippen LogP contribution in [0.1, 0.15) is 5.56 Å². The van der Waals surface area contributed by atoms with Crippen molar-refractivity contribution in [2.75, 3.05) is 20.1 Å². The Kier molecular flexibility index (Phi) is 4.33. The second-order valence-electron chi connectivity index (χ2n) is 2.63. The van der Waals surface area contributed by atoms with E-state index in [-0.39, 0.29) is 0 Å². The van der Waals surface area contributed by atoms with E-state index in [0.29, 0.717) is 5.88 Å². The third kappa shape index (κ3) is 2.42. The van der Waals surface area contributed by atoms with Crippen LogP contribution in [0.2, 0.25) is 0 Å². The van der Waals surface area contributed by atoms with Gasteiger partial charge in [-0.05, 0) is 12.1 Å². The highest BCUT2D eigenvalue weighted by Gasteiger charge is 2.05. The molecule has 0 saturated carbocycles. The zero-order valence-corrected chi connectivity index (χ0v) is 9.04. The van der Waals surface area contributed by atoms with Gasteiger partial charge in [0, 0.05) is 5.88 Å². The van der Waals surface area contributed by atoms with Gasteiger partial charge in [0.1, 0.15) is 11.5 Å². The Hall–Kier alpha value is -1.15. The average Bonchev–Trinajstić information content (AvgIpc) is 2.25. The zero-order valence-electron chi connectivity index (χ0n) is 8.29. The highest BCUT2D eigenvalue weighted by atomic mass is 35.5. The first-order valence-corrected chi connectivity index (χ1v) is 4.80. The van der Waals surface area contributed by atoms with Crippen LogP contribution in [0.4, 0.5) is 0 Å². The van der Waals surface area contributed by atoms with Crippen molar-refractivity contribution in [3.63, 3.8) is 0 Å². The van der Waals surface area contributed by atoms with Gasteiger partial charge in [-0.2, -0.15) is 0 Å². The molecular weight excluding hydrogens is 200 g/mol. The maximum atomic E-state index is 5.57. The summed E-state index contributed by atoms with van der Waals surface area (Å²) in [5, 5.41) is 0. The van der Waals surface area contributed by atoms with Crippen LogP contribution in [-0.2, 0) is 0 Å². The Morgan fingerprint density at radius 2 is 1.79 bits per heavy atom. The second kappa shape index (κ2) is 5.55. The maximum absolute atomic E-state index is 5.57. The molecule has 0 heterocycles. The summed E-state index contributed by atoms with van der Waals surface area (Å²) < 4.78 is 10.4. The summed E-state index contributed by atoms with van der Waals surface area (Å²) in [4.78, 5) is 0. The summed E-state index contributed by atoms with van der Waals surface area (Å²) in [6.07, 6.45) is 3.74. The van der Waals surface area contributed by atoms with Crippen LogP contribution in [0.25, 0.3) is 6.08 Å². The van der Waals surface area contributed by atoms with E-state index in [1.54, 1.807) is 14.2 Å². The summed E-state index contributed by atoms with van der Waals surface area (Å²) in [5.41, 5.74) is 0.915. The number of methoxy groups -OCH3 is 2. The maximum Gasteiger partial charge on any atom is 0.129 e. The molecule has 76 valence electrons. The number of alkyl halides is 1. The van der Waals surface area contributed by atoms with Crippen LogP contribution in [0.5, 0.6) is 11.5 Å². The SMILES string of the molecule is COc1cccc(OC)c1C=CCCl. The van der Waals surface area contributed by atoms with Gasteiger partial charge in [0.2, 0.25) is 0 Å². The first kappa shape index (κ1) is 10.9. The van der Waals surface area contributed by atoms with Crippen LogP contribution in [0.15, 0.2) is 24.3 Å². The van der Waals surface area contributed by atoms with Gasteiger partial charge in [-0.15, -0.1) is 11.6 Å². The van der Waals surface area contributed by atoms with Crippen molar-refractivity contribution in [2.45, 2.75) is 0 Å². The molecule has 0 N–H and O–H groups in total. The molecule has 2 nitrogen and oxygen atoms in total. The summed E-state index contributed by atoms with van der Waals surface area (Å²) in [7, 11) is 3.26. The lowest BCUT2D eigenvalue weighted by atomic mass is 10.1. The molecule has 0 aliphatic carbocycles. The molecule has 0 amide bonds. The number of rotatable bonds is 4. The molecule has 3 heteroatoms. The Bertz CT molecular complexity index is 299. The van der Waals surface area contributed by atoms with E-state index in [1.165, 1.54) is 0 Å². The third-order valence-electron chi connectivity index (χ3n) is 1.84. The minimum Gasteiger partial charge on any atom is -0.496 e. The van der Waals surface area contributed by atoms with Gasteiger partial charge in [0.25, 0.3) is 0 Å². The lowest BCUT2D eigenvalue weighted by Gasteiger charge is -2.09. The van der Waals surface area contributed by atoms with Crippen molar-refractivity contribution in [3.05, 3.63) is 29.8 Å². The smallest absolute Gasteiger partial charge is 0.129 e. The van der Waals surface area contributed by atoms with Gasteiger partial charge in [0.15, 0.2) is 0 Å². The molecule has 0 aliphatic rings. The minimum atomic E-state index is 0.473. The van der Waals surface area contributed by atoms with E-state index in [1.807, 2.05) is 30.4 Å². The molecular formula is C11H13ClO2. The number of hydrogen-bond acceptors (Lipinski definition) is 2. The van der Waals surface area contributed by atoms with Gasteiger partial charge in [0.05, 0.1) is 19.8 Å². The van der Waals surface area contributed by atoms with Gasteiger partial charge in [-0.1, -0.05) is 18.2 Å². The Morgan fingerprint density at radius 3 is 2.21 bits per heavy atom. The van der Waals surface area contributed by atoms with Crippen LogP contribution < -0.4 is 9.47 Å². The fourth-order valence-corrected chi connectivity index (χ4v) is 1.30. The minimum absolute atomic E-state index is 0.473. The van der Waals surface area contributed by atoms with E-state index in [9.17, 15) is 0 Å². The van der Waals surface area contributed by atoms with E-state index in [4.69, 9.17) is 21.1 Å². The summed E-state index contributed by atoms with van der Waals surface area (Å²) in [6.45, 7) is 0. The highest BCUT2D eigenvalue weighted by Crippen LogP contribution is 2.29. The molecule has 1 aromatic rings. The van der Waals surface area contributed by atoms with Gasteiger partial charge >= 0.3 is 0 Å². The number of benzene rings is 1. The van der Waals surface area contributed by atoms with Gasteiger partial charge in [-0.25, -0.2) is 0 Å². The van der Waals surface area contributed by atoms with Crippen LogP contribution in [0.3, 0.4) is 0 Å².